The smallest absolute Gasteiger partial charge is 0.416 e. The monoisotopic (exact) mass is 491 g/mol. The summed E-state index contributed by atoms with van der Waals surface area (Å²) in [6, 6.07) is 3.22. The first-order valence-corrected chi connectivity index (χ1v) is 11.8. The van der Waals surface area contributed by atoms with E-state index in [0.29, 0.717) is 25.9 Å². The van der Waals surface area contributed by atoms with Crippen LogP contribution in [-0.2, 0) is 11.0 Å². The molecule has 1 aromatic rings. The zero-order chi connectivity index (χ0) is 25.6. The van der Waals surface area contributed by atoms with Gasteiger partial charge in [-0.3, -0.25) is 4.79 Å². The molecule has 0 aliphatic carbocycles. The molecule has 0 saturated carbocycles. The van der Waals surface area contributed by atoms with E-state index in [1.807, 2.05) is 6.08 Å². The predicted octanol–water partition coefficient (Wildman–Crippen LogP) is 5.51. The van der Waals surface area contributed by atoms with Gasteiger partial charge in [-0.15, -0.1) is 0 Å². The number of carboxylic acid groups (broad SMARTS) is 1. The van der Waals surface area contributed by atoms with Crippen LogP contribution in [0.1, 0.15) is 56.2 Å². The van der Waals surface area contributed by atoms with Crippen LogP contribution in [0.4, 0.5) is 18.0 Å². The number of rotatable bonds is 10. The standard InChI is InChI=1S/C26H32F3N3O3/c1-18(10-11-20-8-4-12-30-19(20)2)6-5-13-31-14-15-32(25(31)35)23(17-24(33)34)21-7-3-9-22(16-21)26(27,28)29/h3,7,9-11,16,23,30H,1,4-6,8,12-15,17H2,2H3,(H,33,34)/b11-10-/t23-/m0/s1. The molecular formula is C26H32F3N3O3. The van der Waals surface area contributed by atoms with Gasteiger partial charge in [0.05, 0.1) is 18.0 Å². The number of nitrogens with one attached hydrogen (secondary N) is 1. The van der Waals surface area contributed by atoms with Crippen LogP contribution in [0.25, 0.3) is 0 Å². The average Bonchev–Trinajstić information content (AvgIpc) is 3.16. The molecule has 1 aromatic carbocycles. The van der Waals surface area contributed by atoms with Crippen molar-refractivity contribution in [1.29, 1.82) is 0 Å². The lowest BCUT2D eigenvalue weighted by Crippen LogP contribution is -2.36. The quantitative estimate of drug-likeness (QED) is 0.424. The Bertz CT molecular complexity index is 1020. The molecule has 0 spiro atoms. The minimum Gasteiger partial charge on any atom is -0.481 e. The maximum atomic E-state index is 13.2. The van der Waals surface area contributed by atoms with E-state index in [2.05, 4.69) is 24.9 Å². The maximum absolute atomic E-state index is 13.2. The Morgan fingerprint density at radius 2 is 2.09 bits per heavy atom. The molecule has 35 heavy (non-hydrogen) atoms. The van der Waals surface area contributed by atoms with E-state index in [0.717, 1.165) is 37.1 Å². The van der Waals surface area contributed by atoms with E-state index in [4.69, 9.17) is 0 Å². The van der Waals surface area contributed by atoms with Crippen LogP contribution < -0.4 is 5.32 Å². The molecule has 2 amide bonds. The van der Waals surface area contributed by atoms with Crippen LogP contribution in [0.15, 0.2) is 59.8 Å². The molecule has 6 nitrogen and oxygen atoms in total. The minimum atomic E-state index is -4.55. The maximum Gasteiger partial charge on any atom is 0.416 e. The fourth-order valence-electron chi connectivity index (χ4n) is 4.46. The van der Waals surface area contributed by atoms with Gasteiger partial charge in [0, 0.05) is 31.9 Å². The molecule has 2 N–H and O–H groups in total. The zero-order valence-electron chi connectivity index (χ0n) is 19.9. The van der Waals surface area contributed by atoms with E-state index in [9.17, 15) is 27.9 Å². The lowest BCUT2D eigenvalue weighted by atomic mass is 10.00. The molecule has 1 atom stereocenters. The number of carboxylic acids is 1. The highest BCUT2D eigenvalue weighted by molar-refractivity contribution is 5.78. The number of alkyl halides is 3. The minimum absolute atomic E-state index is 0.165. The molecular weight excluding hydrogens is 459 g/mol. The molecule has 2 heterocycles. The first-order chi connectivity index (χ1) is 16.6. The van der Waals surface area contributed by atoms with E-state index in [-0.39, 0.29) is 18.1 Å². The largest absolute Gasteiger partial charge is 0.481 e. The third-order valence-electron chi connectivity index (χ3n) is 6.41. The molecule has 9 heteroatoms. The second kappa shape index (κ2) is 11.5. The third-order valence-corrected chi connectivity index (χ3v) is 6.41. The number of carbonyl (C=O) groups is 2. The van der Waals surface area contributed by atoms with Crippen molar-refractivity contribution in [2.45, 2.75) is 51.2 Å². The highest BCUT2D eigenvalue weighted by Gasteiger charge is 2.37. The summed E-state index contributed by atoms with van der Waals surface area (Å²) >= 11 is 0. The van der Waals surface area contributed by atoms with Crippen molar-refractivity contribution >= 4 is 12.0 Å². The molecule has 190 valence electrons. The fourth-order valence-corrected chi connectivity index (χ4v) is 4.46. The lowest BCUT2D eigenvalue weighted by Gasteiger charge is -2.28. The first kappa shape index (κ1) is 26.4. The lowest BCUT2D eigenvalue weighted by molar-refractivity contribution is -0.138. The molecule has 0 unspecified atom stereocenters. The number of aliphatic carboxylic acids is 1. The fraction of sp³-hybridized carbons (Fsp3) is 0.462. The van der Waals surface area contributed by atoms with Crippen molar-refractivity contribution in [3.63, 3.8) is 0 Å². The number of allylic oxidation sites excluding steroid dienone is 5. The Morgan fingerprint density at radius 1 is 1.31 bits per heavy atom. The van der Waals surface area contributed by atoms with E-state index >= 15 is 0 Å². The first-order valence-electron chi connectivity index (χ1n) is 11.8. The van der Waals surface area contributed by atoms with Crippen molar-refractivity contribution in [1.82, 2.24) is 15.1 Å². The number of halogens is 3. The molecule has 2 aliphatic rings. The van der Waals surface area contributed by atoms with Crippen molar-refractivity contribution in [2.75, 3.05) is 26.2 Å². The SMILES string of the molecule is C=C(/C=C\C1=C(C)NCCC1)CCCN1CCN([C@@H](CC(=O)O)c2cccc(C(F)(F)F)c2)C1=O. The molecule has 1 fully saturated rings. The van der Waals surface area contributed by atoms with Gasteiger partial charge in [-0.25, -0.2) is 4.79 Å². The highest BCUT2D eigenvalue weighted by atomic mass is 19.4. The van der Waals surface area contributed by atoms with Crippen molar-refractivity contribution in [3.05, 3.63) is 71.0 Å². The average molecular weight is 492 g/mol. The van der Waals surface area contributed by atoms with Crippen molar-refractivity contribution in [3.8, 4) is 0 Å². The van der Waals surface area contributed by atoms with E-state index in [1.54, 1.807) is 4.90 Å². The number of amides is 2. The Kier molecular flexibility index (Phi) is 8.64. The van der Waals surface area contributed by atoms with Gasteiger partial charge in [-0.2, -0.15) is 13.2 Å². The summed E-state index contributed by atoms with van der Waals surface area (Å²) < 4.78 is 39.5. The topological polar surface area (TPSA) is 72.9 Å². The predicted molar refractivity (Wildman–Crippen MR) is 128 cm³/mol. The van der Waals surface area contributed by atoms with Crippen LogP contribution >= 0.6 is 0 Å². The number of nitrogens with zero attached hydrogens (tertiary/aromatic N) is 2. The molecule has 0 bridgehead atoms. The van der Waals surface area contributed by atoms with Gasteiger partial charge in [0.25, 0.3) is 0 Å². The van der Waals surface area contributed by atoms with Crippen molar-refractivity contribution in [2.24, 2.45) is 0 Å². The molecule has 2 aliphatic heterocycles. The van der Waals surface area contributed by atoms with E-state index in [1.165, 1.54) is 28.3 Å². The van der Waals surface area contributed by atoms with Crippen LogP contribution in [0, 0.1) is 0 Å². The number of urea groups is 1. The Balaban J connectivity index is 1.59. The molecule has 3 rings (SSSR count). The van der Waals surface area contributed by atoms with Crippen LogP contribution in [0.3, 0.4) is 0 Å². The van der Waals surface area contributed by atoms with Crippen LogP contribution in [0.2, 0.25) is 0 Å². The number of carbonyl (C=O) groups excluding carboxylic acids is 1. The zero-order valence-corrected chi connectivity index (χ0v) is 19.9. The van der Waals surface area contributed by atoms with E-state index < -0.39 is 30.2 Å². The number of hydrogen-bond acceptors (Lipinski definition) is 3. The Labute approximate surface area is 203 Å². The summed E-state index contributed by atoms with van der Waals surface area (Å²) in [5.41, 5.74) is 2.70. The molecule has 0 radical (unpaired) electrons. The van der Waals surface area contributed by atoms with Gasteiger partial charge in [-0.05, 0) is 55.9 Å². The summed E-state index contributed by atoms with van der Waals surface area (Å²) in [7, 11) is 0. The van der Waals surface area contributed by atoms with Gasteiger partial charge in [0.15, 0.2) is 0 Å². The highest BCUT2D eigenvalue weighted by Crippen LogP contribution is 2.34. The summed E-state index contributed by atoms with van der Waals surface area (Å²) in [6.45, 7) is 8.26. The van der Waals surface area contributed by atoms with Gasteiger partial charge in [-0.1, -0.05) is 36.4 Å². The van der Waals surface area contributed by atoms with Crippen LogP contribution in [0.5, 0.6) is 0 Å². The number of benzene rings is 1. The summed E-state index contributed by atoms with van der Waals surface area (Å²) in [5.74, 6) is -1.18. The Morgan fingerprint density at radius 3 is 2.77 bits per heavy atom. The number of hydrogen-bond donors (Lipinski definition) is 2. The van der Waals surface area contributed by atoms with Crippen LogP contribution in [-0.4, -0.2) is 53.1 Å². The third kappa shape index (κ3) is 7.13. The normalized spacial score (nSPS) is 17.8. The van der Waals surface area contributed by atoms with Gasteiger partial charge in [0.1, 0.15) is 0 Å². The molecule has 0 aromatic heterocycles. The summed E-state index contributed by atoms with van der Waals surface area (Å²) in [5, 5.41) is 12.7. The summed E-state index contributed by atoms with van der Waals surface area (Å²) in [6.07, 6.45) is 2.58. The second-order valence-electron chi connectivity index (χ2n) is 8.98. The van der Waals surface area contributed by atoms with Gasteiger partial charge >= 0.3 is 18.2 Å². The Hall–Kier alpha value is -3.23. The van der Waals surface area contributed by atoms with Gasteiger partial charge < -0.3 is 20.2 Å². The van der Waals surface area contributed by atoms with Gasteiger partial charge in [0.2, 0.25) is 0 Å². The molecule has 1 saturated heterocycles. The second-order valence-corrected chi connectivity index (χ2v) is 8.98. The summed E-state index contributed by atoms with van der Waals surface area (Å²) in [4.78, 5) is 27.5. The van der Waals surface area contributed by atoms with Crippen molar-refractivity contribution < 1.29 is 27.9 Å².